The predicted molar refractivity (Wildman–Crippen MR) is 59.6 cm³/mol. The minimum absolute atomic E-state index is 0.564. The number of hydrogen-bond acceptors (Lipinski definition) is 2. The zero-order valence-corrected chi connectivity index (χ0v) is 9.02. The fraction of sp³-hybridized carbons (Fsp3) is 0.182. The molecule has 0 fully saturated rings. The second-order valence-corrected chi connectivity index (χ2v) is 3.78. The van der Waals surface area contributed by atoms with E-state index in [0.29, 0.717) is 5.02 Å². The van der Waals surface area contributed by atoms with E-state index in [2.05, 4.69) is 4.98 Å². The van der Waals surface area contributed by atoms with E-state index in [-0.39, 0.29) is 0 Å². The second kappa shape index (κ2) is 4.04. The van der Waals surface area contributed by atoms with Crippen LogP contribution in [0.1, 0.15) is 13.2 Å². The molecule has 0 spiro atoms. The lowest BCUT2D eigenvalue weighted by Gasteiger charge is -2.02. The van der Waals surface area contributed by atoms with Gasteiger partial charge in [-0.2, -0.15) is 0 Å². The molecule has 0 aliphatic carbocycles. The van der Waals surface area contributed by atoms with Crippen LogP contribution >= 0.6 is 11.6 Å². The molecule has 1 aromatic carbocycles. The van der Waals surface area contributed by atoms with Crippen molar-refractivity contribution in [3.63, 3.8) is 0 Å². The van der Waals surface area contributed by atoms with Crippen molar-refractivity contribution >= 4 is 11.6 Å². The van der Waals surface area contributed by atoms with Crippen molar-refractivity contribution in [2.24, 2.45) is 0 Å². The Bertz CT molecular complexity index is 465. The van der Waals surface area contributed by atoms with Crippen molar-refractivity contribution in [1.29, 1.82) is 0 Å². The average molecular weight is 223 g/mol. The summed E-state index contributed by atoms with van der Waals surface area (Å²) in [5.74, 6) is 0. The SMILES string of the molecule is C[C@@H](O)n1cnc(-c2cccc(Cl)c2)c1. The Labute approximate surface area is 93.0 Å². The standard InChI is InChI=1S/C11H11ClN2O/c1-8(15)14-6-11(13-7-14)9-3-2-4-10(12)5-9/h2-8,15H,1H3/t8-/m1/s1. The van der Waals surface area contributed by atoms with Gasteiger partial charge in [-0.15, -0.1) is 0 Å². The van der Waals surface area contributed by atoms with E-state index in [1.54, 1.807) is 24.0 Å². The van der Waals surface area contributed by atoms with Crippen LogP contribution in [0.15, 0.2) is 36.8 Å². The highest BCUT2D eigenvalue weighted by atomic mass is 35.5. The number of aliphatic hydroxyl groups excluding tert-OH is 1. The van der Waals surface area contributed by atoms with E-state index in [4.69, 9.17) is 11.6 Å². The second-order valence-electron chi connectivity index (χ2n) is 3.35. The predicted octanol–water partition coefficient (Wildman–Crippen LogP) is 2.71. The van der Waals surface area contributed by atoms with E-state index in [9.17, 15) is 5.11 Å². The molecule has 0 unspecified atom stereocenters. The molecular weight excluding hydrogens is 212 g/mol. The summed E-state index contributed by atoms with van der Waals surface area (Å²) in [5.41, 5.74) is 1.75. The van der Waals surface area contributed by atoms with Crippen molar-refractivity contribution < 1.29 is 5.11 Å². The highest BCUT2D eigenvalue weighted by Gasteiger charge is 2.04. The minimum Gasteiger partial charge on any atom is -0.374 e. The third-order valence-corrected chi connectivity index (χ3v) is 2.39. The molecule has 0 saturated heterocycles. The van der Waals surface area contributed by atoms with Crippen molar-refractivity contribution in [3.05, 3.63) is 41.8 Å². The maximum absolute atomic E-state index is 9.34. The molecule has 0 amide bonds. The monoisotopic (exact) mass is 222 g/mol. The largest absolute Gasteiger partial charge is 0.374 e. The number of nitrogens with zero attached hydrogens (tertiary/aromatic N) is 2. The molecule has 0 aliphatic rings. The fourth-order valence-corrected chi connectivity index (χ4v) is 1.53. The van der Waals surface area contributed by atoms with Crippen LogP contribution in [-0.4, -0.2) is 14.7 Å². The normalized spacial score (nSPS) is 12.7. The minimum atomic E-state index is -0.564. The van der Waals surface area contributed by atoms with Gasteiger partial charge in [0.05, 0.1) is 12.0 Å². The van der Waals surface area contributed by atoms with Gasteiger partial charge in [0.15, 0.2) is 0 Å². The molecule has 2 aromatic rings. The van der Waals surface area contributed by atoms with Crippen molar-refractivity contribution in [1.82, 2.24) is 9.55 Å². The first-order valence-corrected chi connectivity index (χ1v) is 5.02. The summed E-state index contributed by atoms with van der Waals surface area (Å²) in [5, 5.41) is 10.0. The van der Waals surface area contributed by atoms with Crippen molar-refractivity contribution in [2.75, 3.05) is 0 Å². The summed E-state index contributed by atoms with van der Waals surface area (Å²) in [6.45, 7) is 1.68. The van der Waals surface area contributed by atoms with Crippen LogP contribution < -0.4 is 0 Å². The molecule has 2 rings (SSSR count). The molecule has 78 valence electrons. The van der Waals surface area contributed by atoms with Gasteiger partial charge in [-0.3, -0.25) is 0 Å². The maximum atomic E-state index is 9.34. The Hall–Kier alpha value is -1.32. The summed E-state index contributed by atoms with van der Waals surface area (Å²) >= 11 is 5.88. The van der Waals surface area contributed by atoms with E-state index in [1.807, 2.05) is 24.3 Å². The van der Waals surface area contributed by atoms with E-state index in [1.165, 1.54) is 0 Å². The zero-order valence-electron chi connectivity index (χ0n) is 8.26. The first-order valence-electron chi connectivity index (χ1n) is 4.64. The van der Waals surface area contributed by atoms with Gasteiger partial charge in [-0.1, -0.05) is 23.7 Å². The Balaban J connectivity index is 2.37. The van der Waals surface area contributed by atoms with Crippen LogP contribution in [0.4, 0.5) is 0 Å². The van der Waals surface area contributed by atoms with Gasteiger partial charge in [0.1, 0.15) is 6.23 Å². The first-order chi connectivity index (χ1) is 7.16. The maximum Gasteiger partial charge on any atom is 0.128 e. The van der Waals surface area contributed by atoms with E-state index in [0.717, 1.165) is 11.3 Å². The molecule has 0 aliphatic heterocycles. The third-order valence-electron chi connectivity index (χ3n) is 2.15. The van der Waals surface area contributed by atoms with Crippen LogP contribution in [0.2, 0.25) is 5.02 Å². The van der Waals surface area contributed by atoms with Crippen LogP contribution in [0.25, 0.3) is 11.3 Å². The van der Waals surface area contributed by atoms with Crippen LogP contribution in [0, 0.1) is 0 Å². The van der Waals surface area contributed by atoms with Crippen LogP contribution in [0.3, 0.4) is 0 Å². The molecule has 0 bridgehead atoms. The van der Waals surface area contributed by atoms with Gasteiger partial charge < -0.3 is 9.67 Å². The number of benzene rings is 1. The highest BCUT2D eigenvalue weighted by molar-refractivity contribution is 6.30. The van der Waals surface area contributed by atoms with Crippen LogP contribution in [-0.2, 0) is 0 Å². The average Bonchev–Trinajstić information content (AvgIpc) is 2.66. The fourth-order valence-electron chi connectivity index (χ4n) is 1.34. The quantitative estimate of drug-likeness (QED) is 0.849. The van der Waals surface area contributed by atoms with Gasteiger partial charge in [0, 0.05) is 16.8 Å². The lowest BCUT2D eigenvalue weighted by Crippen LogP contribution is -1.99. The van der Waals surface area contributed by atoms with Crippen molar-refractivity contribution in [3.8, 4) is 11.3 Å². The molecule has 1 N–H and O–H groups in total. The summed E-state index contributed by atoms with van der Waals surface area (Å²) in [6.07, 6.45) is 2.82. The summed E-state index contributed by atoms with van der Waals surface area (Å²) < 4.78 is 1.64. The molecule has 4 heteroatoms. The van der Waals surface area contributed by atoms with E-state index < -0.39 is 6.23 Å². The number of rotatable bonds is 2. The molecule has 1 atom stereocenters. The van der Waals surface area contributed by atoms with Gasteiger partial charge in [0.25, 0.3) is 0 Å². The molecule has 1 heterocycles. The third kappa shape index (κ3) is 2.19. The Morgan fingerprint density at radius 1 is 1.47 bits per heavy atom. The highest BCUT2D eigenvalue weighted by Crippen LogP contribution is 2.21. The van der Waals surface area contributed by atoms with Gasteiger partial charge in [-0.05, 0) is 19.1 Å². The molecule has 0 saturated carbocycles. The van der Waals surface area contributed by atoms with Gasteiger partial charge >= 0.3 is 0 Å². The van der Waals surface area contributed by atoms with E-state index >= 15 is 0 Å². The Kier molecular flexibility index (Phi) is 2.75. The number of aliphatic hydroxyl groups is 1. The molecule has 3 nitrogen and oxygen atoms in total. The smallest absolute Gasteiger partial charge is 0.128 e. The van der Waals surface area contributed by atoms with Crippen molar-refractivity contribution in [2.45, 2.75) is 13.2 Å². The molecule has 0 radical (unpaired) electrons. The van der Waals surface area contributed by atoms with Gasteiger partial charge in [0.2, 0.25) is 0 Å². The zero-order chi connectivity index (χ0) is 10.8. The number of imidazole rings is 1. The summed E-state index contributed by atoms with van der Waals surface area (Å²) in [7, 11) is 0. The van der Waals surface area contributed by atoms with Gasteiger partial charge in [-0.25, -0.2) is 4.98 Å². The molecule has 1 aromatic heterocycles. The first kappa shape index (κ1) is 10.2. The lowest BCUT2D eigenvalue weighted by atomic mass is 10.2. The number of halogens is 1. The Morgan fingerprint density at radius 3 is 2.87 bits per heavy atom. The van der Waals surface area contributed by atoms with Crippen LogP contribution in [0.5, 0.6) is 0 Å². The number of aromatic nitrogens is 2. The summed E-state index contributed by atoms with van der Waals surface area (Å²) in [4.78, 5) is 4.19. The number of hydrogen-bond donors (Lipinski definition) is 1. The topological polar surface area (TPSA) is 38.0 Å². The summed E-state index contributed by atoms with van der Waals surface area (Å²) in [6, 6.07) is 7.46. The molecule has 15 heavy (non-hydrogen) atoms. The lowest BCUT2D eigenvalue weighted by molar-refractivity contribution is 0.124. The molecular formula is C11H11ClN2O. The Morgan fingerprint density at radius 2 is 2.27 bits per heavy atom.